The summed E-state index contributed by atoms with van der Waals surface area (Å²) in [5.74, 6) is 0.425. The molecule has 1 aliphatic rings. The van der Waals surface area contributed by atoms with E-state index in [1.54, 1.807) is 6.20 Å². The quantitative estimate of drug-likeness (QED) is 0.771. The van der Waals surface area contributed by atoms with Crippen LogP contribution in [0.2, 0.25) is 0 Å². The number of aromatic nitrogens is 1. The summed E-state index contributed by atoms with van der Waals surface area (Å²) in [6.45, 7) is 2.93. The number of morpholine rings is 1. The summed E-state index contributed by atoms with van der Waals surface area (Å²) in [5.41, 5.74) is 12.1. The van der Waals surface area contributed by atoms with Gasteiger partial charge in [-0.25, -0.2) is 4.98 Å². The first kappa shape index (κ1) is 12.8. The highest BCUT2D eigenvalue weighted by atomic mass is 16.5. The Morgan fingerprint density at radius 1 is 1.50 bits per heavy atom. The van der Waals surface area contributed by atoms with Gasteiger partial charge < -0.3 is 21.1 Å². The monoisotopic (exact) mass is 250 g/mol. The van der Waals surface area contributed by atoms with Crippen LogP contribution in [-0.4, -0.2) is 37.2 Å². The average Bonchev–Trinajstić information content (AvgIpc) is 2.39. The summed E-state index contributed by atoms with van der Waals surface area (Å²) >= 11 is 0. The number of amides is 1. The summed E-state index contributed by atoms with van der Waals surface area (Å²) in [5, 5.41) is 0. The standard InChI is InChI=1S/C12H18N4O2/c13-10(8-11(14)17)9-2-1-3-15-12(9)16-4-6-18-7-5-16/h1-3,10H,4-8,13H2,(H2,14,17). The van der Waals surface area contributed by atoms with Crippen LogP contribution < -0.4 is 16.4 Å². The largest absolute Gasteiger partial charge is 0.378 e. The molecule has 0 bridgehead atoms. The Morgan fingerprint density at radius 2 is 2.22 bits per heavy atom. The highest BCUT2D eigenvalue weighted by molar-refractivity contribution is 5.75. The number of primary amides is 1. The van der Waals surface area contributed by atoms with Crippen LogP contribution in [-0.2, 0) is 9.53 Å². The maximum Gasteiger partial charge on any atom is 0.219 e. The molecule has 1 aromatic rings. The van der Waals surface area contributed by atoms with Gasteiger partial charge in [0.2, 0.25) is 5.91 Å². The van der Waals surface area contributed by atoms with Crippen LogP contribution in [0.5, 0.6) is 0 Å². The smallest absolute Gasteiger partial charge is 0.219 e. The van der Waals surface area contributed by atoms with Crippen molar-refractivity contribution in [3.8, 4) is 0 Å². The van der Waals surface area contributed by atoms with Gasteiger partial charge in [0.25, 0.3) is 0 Å². The molecule has 1 amide bonds. The molecule has 18 heavy (non-hydrogen) atoms. The number of anilines is 1. The lowest BCUT2D eigenvalue weighted by Gasteiger charge is -2.30. The van der Waals surface area contributed by atoms with Crippen molar-refractivity contribution < 1.29 is 9.53 Å². The number of carbonyl (C=O) groups is 1. The zero-order valence-electron chi connectivity index (χ0n) is 10.2. The summed E-state index contributed by atoms with van der Waals surface area (Å²) in [7, 11) is 0. The Labute approximate surface area is 106 Å². The van der Waals surface area contributed by atoms with Gasteiger partial charge >= 0.3 is 0 Å². The van der Waals surface area contributed by atoms with Crippen molar-refractivity contribution in [3.05, 3.63) is 23.9 Å². The van der Waals surface area contributed by atoms with Gasteiger partial charge in [0.15, 0.2) is 0 Å². The molecule has 1 aliphatic heterocycles. The second-order valence-electron chi connectivity index (χ2n) is 4.29. The van der Waals surface area contributed by atoms with Crippen molar-refractivity contribution in [2.45, 2.75) is 12.5 Å². The molecule has 6 nitrogen and oxygen atoms in total. The van der Waals surface area contributed by atoms with E-state index in [0.717, 1.165) is 24.5 Å². The molecule has 1 unspecified atom stereocenters. The molecular formula is C12H18N4O2. The van der Waals surface area contributed by atoms with Crippen LogP contribution in [0.25, 0.3) is 0 Å². The van der Waals surface area contributed by atoms with E-state index in [2.05, 4.69) is 9.88 Å². The first-order valence-electron chi connectivity index (χ1n) is 6.00. The third-order valence-corrected chi connectivity index (χ3v) is 2.95. The lowest BCUT2D eigenvalue weighted by atomic mass is 10.0. The summed E-state index contributed by atoms with van der Waals surface area (Å²) in [4.78, 5) is 17.5. The van der Waals surface area contributed by atoms with E-state index in [0.29, 0.717) is 13.2 Å². The molecule has 0 spiro atoms. The first-order valence-corrected chi connectivity index (χ1v) is 6.00. The molecule has 6 heteroatoms. The Kier molecular flexibility index (Phi) is 4.11. The van der Waals surface area contributed by atoms with Crippen LogP contribution in [0.15, 0.2) is 18.3 Å². The van der Waals surface area contributed by atoms with Crippen molar-refractivity contribution in [2.75, 3.05) is 31.2 Å². The molecule has 1 aromatic heterocycles. The number of rotatable bonds is 4. The second kappa shape index (κ2) is 5.79. The van der Waals surface area contributed by atoms with Crippen LogP contribution in [0.4, 0.5) is 5.82 Å². The van der Waals surface area contributed by atoms with Gasteiger partial charge in [-0.3, -0.25) is 4.79 Å². The molecule has 0 saturated carbocycles. The fourth-order valence-corrected chi connectivity index (χ4v) is 2.06. The van der Waals surface area contributed by atoms with Gasteiger partial charge in [-0.2, -0.15) is 0 Å². The van der Waals surface area contributed by atoms with Crippen molar-refractivity contribution in [1.29, 1.82) is 0 Å². The maximum atomic E-state index is 11.0. The molecule has 2 rings (SSSR count). The summed E-state index contributed by atoms with van der Waals surface area (Å²) < 4.78 is 5.31. The van der Waals surface area contributed by atoms with E-state index >= 15 is 0 Å². The molecule has 1 atom stereocenters. The fraction of sp³-hybridized carbons (Fsp3) is 0.500. The zero-order chi connectivity index (χ0) is 13.0. The SMILES string of the molecule is NC(=O)CC(N)c1cccnc1N1CCOCC1. The number of hydrogen-bond donors (Lipinski definition) is 2. The zero-order valence-corrected chi connectivity index (χ0v) is 10.2. The van der Waals surface area contributed by atoms with Gasteiger partial charge in [0.1, 0.15) is 5.82 Å². The van der Waals surface area contributed by atoms with Crippen molar-refractivity contribution in [2.24, 2.45) is 11.5 Å². The third kappa shape index (κ3) is 2.96. The number of hydrogen-bond acceptors (Lipinski definition) is 5. The van der Waals surface area contributed by atoms with E-state index in [-0.39, 0.29) is 6.42 Å². The van der Waals surface area contributed by atoms with E-state index in [1.165, 1.54) is 0 Å². The van der Waals surface area contributed by atoms with Crippen molar-refractivity contribution >= 4 is 11.7 Å². The highest BCUT2D eigenvalue weighted by Gasteiger charge is 2.20. The fourth-order valence-electron chi connectivity index (χ4n) is 2.06. The van der Waals surface area contributed by atoms with Gasteiger partial charge in [0.05, 0.1) is 13.2 Å². The van der Waals surface area contributed by atoms with E-state index in [1.807, 2.05) is 12.1 Å². The van der Waals surface area contributed by atoms with Crippen LogP contribution in [0, 0.1) is 0 Å². The molecule has 1 fully saturated rings. The first-order chi connectivity index (χ1) is 8.68. The van der Waals surface area contributed by atoms with Crippen LogP contribution >= 0.6 is 0 Å². The lowest BCUT2D eigenvalue weighted by molar-refractivity contribution is -0.118. The van der Waals surface area contributed by atoms with E-state index in [9.17, 15) is 4.79 Å². The van der Waals surface area contributed by atoms with Gasteiger partial charge in [-0.15, -0.1) is 0 Å². The van der Waals surface area contributed by atoms with Crippen LogP contribution in [0.3, 0.4) is 0 Å². The predicted octanol–water partition coefficient (Wildman–Crippen LogP) is -0.207. The maximum absolute atomic E-state index is 11.0. The van der Waals surface area contributed by atoms with Gasteiger partial charge in [-0.1, -0.05) is 6.07 Å². The minimum absolute atomic E-state index is 0.128. The molecule has 0 aromatic carbocycles. The van der Waals surface area contributed by atoms with E-state index < -0.39 is 11.9 Å². The third-order valence-electron chi connectivity index (χ3n) is 2.95. The minimum Gasteiger partial charge on any atom is -0.378 e. The molecule has 1 saturated heterocycles. The normalized spacial score (nSPS) is 17.5. The Bertz CT molecular complexity index is 418. The van der Waals surface area contributed by atoms with Crippen molar-refractivity contribution in [1.82, 2.24) is 4.98 Å². The molecule has 4 N–H and O–H groups in total. The highest BCUT2D eigenvalue weighted by Crippen LogP contribution is 2.24. The second-order valence-corrected chi connectivity index (χ2v) is 4.29. The lowest BCUT2D eigenvalue weighted by Crippen LogP contribution is -2.38. The Hall–Kier alpha value is -1.66. The summed E-state index contributed by atoms with van der Waals surface area (Å²) in [6, 6.07) is 3.31. The Morgan fingerprint density at radius 3 is 2.89 bits per heavy atom. The molecule has 2 heterocycles. The van der Waals surface area contributed by atoms with Gasteiger partial charge in [-0.05, 0) is 6.07 Å². The molecule has 98 valence electrons. The van der Waals surface area contributed by atoms with Crippen molar-refractivity contribution in [3.63, 3.8) is 0 Å². The molecular weight excluding hydrogens is 232 g/mol. The topological polar surface area (TPSA) is 94.5 Å². The molecule has 0 aliphatic carbocycles. The number of pyridine rings is 1. The minimum atomic E-state index is -0.408. The van der Waals surface area contributed by atoms with Gasteiger partial charge in [0, 0.05) is 37.3 Å². The Balaban J connectivity index is 2.21. The number of nitrogens with two attached hydrogens (primary N) is 2. The van der Waals surface area contributed by atoms with E-state index in [4.69, 9.17) is 16.2 Å². The molecule has 0 radical (unpaired) electrons. The van der Waals surface area contributed by atoms with Crippen LogP contribution in [0.1, 0.15) is 18.0 Å². The number of carbonyl (C=O) groups excluding carboxylic acids is 1. The average molecular weight is 250 g/mol. The predicted molar refractivity (Wildman–Crippen MR) is 68.0 cm³/mol. The number of nitrogens with zero attached hydrogens (tertiary/aromatic N) is 2. The number of ether oxygens (including phenoxy) is 1. The summed E-state index contributed by atoms with van der Waals surface area (Å²) in [6.07, 6.45) is 1.86.